The summed E-state index contributed by atoms with van der Waals surface area (Å²) in [6.07, 6.45) is 1.73. The molecule has 0 aliphatic carbocycles. The summed E-state index contributed by atoms with van der Waals surface area (Å²) in [5.41, 5.74) is 0.595. The number of halogens is 3. The zero-order valence-corrected chi connectivity index (χ0v) is 20.0. The summed E-state index contributed by atoms with van der Waals surface area (Å²) in [4.78, 5) is 15.6. The van der Waals surface area contributed by atoms with Crippen LogP contribution in [0.1, 0.15) is 56.3 Å². The molecule has 1 N–H and O–H groups in total. The smallest absolute Gasteiger partial charge is 0.334 e. The first kappa shape index (κ1) is 24.7. The predicted octanol–water partition coefficient (Wildman–Crippen LogP) is 4.21. The van der Waals surface area contributed by atoms with Crippen molar-refractivity contribution in [3.8, 4) is 11.1 Å². The van der Waals surface area contributed by atoms with E-state index in [9.17, 15) is 26.4 Å². The first-order chi connectivity index (χ1) is 15.9. The van der Waals surface area contributed by atoms with Gasteiger partial charge in [-0.2, -0.15) is 18.3 Å². The lowest BCUT2D eigenvalue weighted by atomic mass is 9.78. The number of H-pyrrole nitrogens is 1. The number of nitrogens with one attached hydrogen (secondary N) is 1. The van der Waals surface area contributed by atoms with Crippen LogP contribution < -0.4 is 0 Å². The van der Waals surface area contributed by atoms with Crippen molar-refractivity contribution in [2.45, 2.75) is 51.2 Å². The van der Waals surface area contributed by atoms with Crippen LogP contribution in [0.15, 0.2) is 30.5 Å². The second-order valence-corrected chi connectivity index (χ2v) is 11.5. The number of carbonyl (C=O) groups is 1. The monoisotopic (exact) mass is 498 g/mol. The van der Waals surface area contributed by atoms with Gasteiger partial charge < -0.3 is 4.90 Å². The summed E-state index contributed by atoms with van der Waals surface area (Å²) < 4.78 is 64.1. The van der Waals surface area contributed by atoms with E-state index in [4.69, 9.17) is 0 Å². The fraction of sp³-hybridized carbons (Fsp3) is 0.565. The zero-order chi connectivity index (χ0) is 24.7. The standard InChI is InChI=1S/C23H29F3N4O3S/c1-22(10-13-29(14-11-22)34(2,32)33)21(31)30-12-4-3-5-19(30)20-18(15-27-28-20)16-6-8-17(9-7-16)23(24,25)26/h6-9,15,19H,3-5,10-14H2,1-2H3,(H,27,28)/t19-/m1/s1. The molecule has 0 unspecified atom stereocenters. The van der Waals surface area contributed by atoms with E-state index in [0.717, 1.165) is 25.0 Å². The van der Waals surface area contributed by atoms with E-state index >= 15 is 0 Å². The number of benzene rings is 1. The van der Waals surface area contributed by atoms with Gasteiger partial charge in [-0.15, -0.1) is 0 Å². The third-order valence-corrected chi connectivity index (χ3v) is 8.40. The normalized spacial score (nSPS) is 22.0. The Labute approximate surface area is 197 Å². The van der Waals surface area contributed by atoms with Gasteiger partial charge in [-0.05, 0) is 49.8 Å². The number of sulfonamides is 1. The molecular weight excluding hydrogens is 469 g/mol. The number of amides is 1. The number of piperidine rings is 2. The number of alkyl halides is 3. The maximum Gasteiger partial charge on any atom is 0.416 e. The van der Waals surface area contributed by atoms with Gasteiger partial charge in [0.1, 0.15) is 0 Å². The minimum absolute atomic E-state index is 0.0154. The van der Waals surface area contributed by atoms with Crippen LogP contribution in [-0.4, -0.2) is 59.6 Å². The number of aromatic amines is 1. The molecular formula is C23H29F3N4O3S. The van der Waals surface area contributed by atoms with Crippen LogP contribution in [-0.2, 0) is 21.0 Å². The SMILES string of the molecule is CC1(C(=O)N2CCCC[C@@H]2c2[nH]ncc2-c2ccc(C(F)(F)F)cc2)CCN(S(C)(=O)=O)CC1. The minimum Gasteiger partial charge on any atom is -0.334 e. The Balaban J connectivity index is 1.58. The summed E-state index contributed by atoms with van der Waals surface area (Å²) >= 11 is 0. The Hall–Kier alpha value is -2.40. The zero-order valence-electron chi connectivity index (χ0n) is 19.2. The van der Waals surface area contributed by atoms with Crippen molar-refractivity contribution in [3.05, 3.63) is 41.7 Å². The molecule has 2 aliphatic heterocycles. The Morgan fingerprint density at radius 1 is 1.12 bits per heavy atom. The summed E-state index contributed by atoms with van der Waals surface area (Å²) in [5.74, 6) is -0.0154. The van der Waals surface area contributed by atoms with Crippen LogP contribution >= 0.6 is 0 Å². The average molecular weight is 499 g/mol. The molecule has 2 saturated heterocycles. The predicted molar refractivity (Wildman–Crippen MR) is 121 cm³/mol. The number of nitrogens with zero attached hydrogens (tertiary/aromatic N) is 3. The van der Waals surface area contributed by atoms with Gasteiger partial charge in [0.25, 0.3) is 0 Å². The van der Waals surface area contributed by atoms with Gasteiger partial charge in [0.15, 0.2) is 0 Å². The van der Waals surface area contributed by atoms with Crippen LogP contribution in [0.3, 0.4) is 0 Å². The minimum atomic E-state index is -4.41. The molecule has 7 nitrogen and oxygen atoms in total. The summed E-state index contributed by atoms with van der Waals surface area (Å²) in [5, 5.41) is 7.14. The van der Waals surface area contributed by atoms with Gasteiger partial charge >= 0.3 is 6.18 Å². The molecule has 34 heavy (non-hydrogen) atoms. The molecule has 11 heteroatoms. The van der Waals surface area contributed by atoms with Crippen LogP contribution in [0.2, 0.25) is 0 Å². The highest BCUT2D eigenvalue weighted by Crippen LogP contribution is 2.41. The lowest BCUT2D eigenvalue weighted by Crippen LogP contribution is -2.51. The highest BCUT2D eigenvalue weighted by atomic mass is 32.2. The van der Waals surface area contributed by atoms with E-state index < -0.39 is 27.2 Å². The maximum absolute atomic E-state index is 13.7. The van der Waals surface area contributed by atoms with Crippen molar-refractivity contribution < 1.29 is 26.4 Å². The fourth-order valence-corrected chi connectivity index (χ4v) is 5.81. The molecule has 2 fully saturated rings. The molecule has 4 rings (SSSR count). The molecule has 2 aromatic rings. The van der Waals surface area contributed by atoms with Gasteiger partial charge in [-0.1, -0.05) is 19.1 Å². The molecule has 0 bridgehead atoms. The number of rotatable bonds is 4. The topological polar surface area (TPSA) is 86.4 Å². The number of aromatic nitrogens is 2. The molecule has 1 aromatic heterocycles. The van der Waals surface area contributed by atoms with Crippen LogP contribution in [0, 0.1) is 5.41 Å². The Bertz CT molecular complexity index is 1140. The van der Waals surface area contributed by atoms with Gasteiger partial charge in [0.2, 0.25) is 15.9 Å². The van der Waals surface area contributed by atoms with Crippen molar-refractivity contribution in [2.75, 3.05) is 25.9 Å². The molecule has 0 saturated carbocycles. The number of likely N-dealkylation sites (tertiary alicyclic amines) is 1. The lowest BCUT2D eigenvalue weighted by Gasteiger charge is -2.44. The van der Waals surface area contributed by atoms with Crippen molar-refractivity contribution in [1.29, 1.82) is 0 Å². The average Bonchev–Trinajstić information content (AvgIpc) is 3.27. The molecule has 0 spiro atoms. The van der Waals surface area contributed by atoms with Gasteiger partial charge in [-0.25, -0.2) is 12.7 Å². The van der Waals surface area contributed by atoms with Crippen LogP contribution in [0.25, 0.3) is 11.1 Å². The molecule has 2 aliphatic rings. The lowest BCUT2D eigenvalue weighted by molar-refractivity contribution is -0.147. The van der Waals surface area contributed by atoms with Gasteiger partial charge in [-0.3, -0.25) is 9.89 Å². The highest BCUT2D eigenvalue weighted by Gasteiger charge is 2.44. The van der Waals surface area contributed by atoms with Gasteiger partial charge in [0.05, 0.1) is 29.8 Å². The molecule has 1 amide bonds. The quantitative estimate of drug-likeness (QED) is 0.684. The molecule has 0 radical (unpaired) electrons. The van der Waals surface area contributed by atoms with Crippen molar-refractivity contribution in [2.24, 2.45) is 5.41 Å². The van der Waals surface area contributed by atoms with Gasteiger partial charge in [0, 0.05) is 30.6 Å². The van der Waals surface area contributed by atoms with E-state index in [1.165, 1.54) is 22.7 Å². The van der Waals surface area contributed by atoms with Crippen LogP contribution in [0.4, 0.5) is 13.2 Å². The van der Waals surface area contributed by atoms with Crippen molar-refractivity contribution in [3.63, 3.8) is 0 Å². The highest BCUT2D eigenvalue weighted by molar-refractivity contribution is 7.88. The molecule has 1 aromatic carbocycles. The molecule has 1 atom stereocenters. The van der Waals surface area contributed by atoms with E-state index in [1.54, 1.807) is 6.20 Å². The fourth-order valence-electron chi connectivity index (χ4n) is 4.97. The Morgan fingerprint density at radius 2 is 1.76 bits per heavy atom. The third-order valence-electron chi connectivity index (χ3n) is 7.10. The first-order valence-corrected chi connectivity index (χ1v) is 13.2. The molecule has 186 valence electrons. The van der Waals surface area contributed by atoms with Crippen molar-refractivity contribution >= 4 is 15.9 Å². The molecule has 3 heterocycles. The van der Waals surface area contributed by atoms with E-state index in [-0.39, 0.29) is 11.9 Å². The van der Waals surface area contributed by atoms with E-state index in [0.29, 0.717) is 55.7 Å². The Morgan fingerprint density at radius 3 is 2.35 bits per heavy atom. The number of carbonyl (C=O) groups excluding carboxylic acids is 1. The largest absolute Gasteiger partial charge is 0.416 e. The summed E-state index contributed by atoms with van der Waals surface area (Å²) in [6.45, 7) is 3.07. The summed E-state index contributed by atoms with van der Waals surface area (Å²) in [7, 11) is -3.30. The second kappa shape index (κ2) is 8.99. The van der Waals surface area contributed by atoms with Crippen molar-refractivity contribution in [1.82, 2.24) is 19.4 Å². The summed E-state index contributed by atoms with van der Waals surface area (Å²) in [6, 6.07) is 4.67. The second-order valence-electron chi connectivity index (χ2n) is 9.51. The number of hydrogen-bond acceptors (Lipinski definition) is 4. The van der Waals surface area contributed by atoms with Crippen LogP contribution in [0.5, 0.6) is 0 Å². The maximum atomic E-state index is 13.7. The van der Waals surface area contributed by atoms with E-state index in [1.807, 2.05) is 11.8 Å². The number of hydrogen-bond donors (Lipinski definition) is 1. The third kappa shape index (κ3) is 4.86. The Kier molecular flexibility index (Phi) is 6.54. The first-order valence-electron chi connectivity index (χ1n) is 11.4. The van der Waals surface area contributed by atoms with E-state index in [2.05, 4.69) is 10.2 Å².